The van der Waals surface area contributed by atoms with Gasteiger partial charge in [0.2, 0.25) is 5.91 Å². The van der Waals surface area contributed by atoms with Gasteiger partial charge in [0, 0.05) is 28.7 Å². The molecule has 0 radical (unpaired) electrons. The van der Waals surface area contributed by atoms with Crippen LogP contribution in [0.2, 0.25) is 0 Å². The van der Waals surface area contributed by atoms with E-state index in [0.717, 1.165) is 16.0 Å². The molecule has 0 saturated heterocycles. The van der Waals surface area contributed by atoms with Crippen molar-refractivity contribution in [1.29, 1.82) is 0 Å². The van der Waals surface area contributed by atoms with Crippen LogP contribution < -0.4 is 10.9 Å². The second-order valence-corrected chi connectivity index (χ2v) is 6.98. The number of carbonyl (C=O) groups is 1. The number of nitrogens with one attached hydrogen (secondary N) is 2. The number of rotatable bonds is 4. The molecule has 124 valence electrons. The minimum absolute atomic E-state index is 0.00742. The summed E-state index contributed by atoms with van der Waals surface area (Å²) < 4.78 is 0. The first-order valence-corrected chi connectivity index (χ1v) is 9.25. The number of aromatic amines is 1. The lowest BCUT2D eigenvalue weighted by atomic mass is 10.1. The van der Waals surface area contributed by atoms with E-state index in [1.165, 1.54) is 22.7 Å². The number of thiophene rings is 1. The summed E-state index contributed by atoms with van der Waals surface area (Å²) >= 11 is 3.02. The van der Waals surface area contributed by atoms with E-state index in [0.29, 0.717) is 16.8 Å². The first kappa shape index (κ1) is 15.7. The Morgan fingerprint density at radius 2 is 2.24 bits per heavy atom. The molecular formula is C17H12N4O2S2. The van der Waals surface area contributed by atoms with Crippen molar-refractivity contribution in [3.8, 4) is 10.6 Å². The molecule has 0 aliphatic heterocycles. The predicted octanol–water partition coefficient (Wildman–Crippen LogP) is 3.29. The van der Waals surface area contributed by atoms with E-state index in [1.54, 1.807) is 30.0 Å². The number of amides is 1. The van der Waals surface area contributed by atoms with Gasteiger partial charge in [-0.15, -0.1) is 22.7 Å². The van der Waals surface area contributed by atoms with E-state index in [9.17, 15) is 9.59 Å². The first-order valence-electron chi connectivity index (χ1n) is 7.42. The Balaban J connectivity index is 1.57. The van der Waals surface area contributed by atoms with Crippen LogP contribution in [0.3, 0.4) is 0 Å². The molecular weight excluding hydrogens is 356 g/mol. The number of hydrogen-bond donors (Lipinski definition) is 2. The van der Waals surface area contributed by atoms with Crippen molar-refractivity contribution >= 4 is 45.2 Å². The van der Waals surface area contributed by atoms with E-state index >= 15 is 0 Å². The molecule has 6 nitrogen and oxygen atoms in total. The molecule has 0 bridgehead atoms. The van der Waals surface area contributed by atoms with Gasteiger partial charge in [-0.05, 0) is 23.6 Å². The van der Waals surface area contributed by atoms with Crippen molar-refractivity contribution in [1.82, 2.24) is 15.0 Å². The van der Waals surface area contributed by atoms with Gasteiger partial charge in [-0.1, -0.05) is 0 Å². The number of nitrogens with zero attached hydrogens (tertiary/aromatic N) is 2. The fourth-order valence-corrected chi connectivity index (χ4v) is 3.96. The Labute approximate surface area is 150 Å². The van der Waals surface area contributed by atoms with Crippen LogP contribution in [-0.4, -0.2) is 20.9 Å². The quantitative estimate of drug-likeness (QED) is 0.579. The van der Waals surface area contributed by atoms with Gasteiger partial charge in [0.25, 0.3) is 5.56 Å². The molecule has 0 aliphatic carbocycles. The maximum absolute atomic E-state index is 12.4. The molecule has 0 aliphatic rings. The van der Waals surface area contributed by atoms with Gasteiger partial charge in [0.1, 0.15) is 0 Å². The van der Waals surface area contributed by atoms with Crippen molar-refractivity contribution < 1.29 is 4.79 Å². The number of anilines is 1. The maximum Gasteiger partial charge on any atom is 0.252 e. The molecule has 0 unspecified atom stereocenters. The number of thiazole rings is 1. The topological polar surface area (TPSA) is 87.7 Å². The maximum atomic E-state index is 12.4. The lowest BCUT2D eigenvalue weighted by Crippen LogP contribution is -2.21. The highest BCUT2D eigenvalue weighted by atomic mass is 32.1. The van der Waals surface area contributed by atoms with Gasteiger partial charge in [-0.2, -0.15) is 0 Å². The van der Waals surface area contributed by atoms with Crippen molar-refractivity contribution in [2.45, 2.75) is 6.42 Å². The molecule has 0 fully saturated rings. The Kier molecular flexibility index (Phi) is 4.12. The summed E-state index contributed by atoms with van der Waals surface area (Å²) in [5.74, 6) is -0.247. The molecule has 0 saturated carbocycles. The smallest absolute Gasteiger partial charge is 0.252 e. The van der Waals surface area contributed by atoms with Gasteiger partial charge < -0.3 is 10.3 Å². The molecule has 4 rings (SSSR count). The molecule has 2 N–H and O–H groups in total. The molecule has 4 aromatic heterocycles. The van der Waals surface area contributed by atoms with Crippen molar-refractivity contribution in [3.05, 3.63) is 62.8 Å². The number of H-pyrrole nitrogens is 1. The average molecular weight is 368 g/mol. The van der Waals surface area contributed by atoms with Gasteiger partial charge >= 0.3 is 0 Å². The Bertz CT molecular complexity index is 1100. The third-order valence-corrected chi connectivity index (χ3v) is 5.20. The summed E-state index contributed by atoms with van der Waals surface area (Å²) in [6.45, 7) is 0. The lowest BCUT2D eigenvalue weighted by Gasteiger charge is -2.06. The Morgan fingerprint density at radius 1 is 1.32 bits per heavy atom. The summed E-state index contributed by atoms with van der Waals surface area (Å²) in [5, 5.41) is 7.50. The third kappa shape index (κ3) is 3.21. The molecule has 25 heavy (non-hydrogen) atoms. The second kappa shape index (κ2) is 6.58. The number of carbonyl (C=O) groups excluding carboxylic acids is 1. The van der Waals surface area contributed by atoms with Crippen molar-refractivity contribution in [2.24, 2.45) is 0 Å². The Hall–Kier alpha value is -2.84. The summed E-state index contributed by atoms with van der Waals surface area (Å²) in [6, 6.07) is 5.27. The fourth-order valence-electron chi connectivity index (χ4n) is 2.52. The van der Waals surface area contributed by atoms with Crippen LogP contribution in [0.25, 0.3) is 21.5 Å². The van der Waals surface area contributed by atoms with Crippen LogP contribution in [0, 0.1) is 0 Å². The standard InChI is InChI=1S/C17H12N4O2S2/c22-15(20-13-2-4-25-16(13)14-8-24-9-19-14)6-10-5-11-7-18-3-1-12(11)21-17(10)23/h1-5,7-9H,6H2,(H,20,22)(H,21,23). The van der Waals surface area contributed by atoms with E-state index < -0.39 is 0 Å². The van der Waals surface area contributed by atoms with Crippen LogP contribution in [0.1, 0.15) is 5.56 Å². The number of aromatic nitrogens is 3. The zero-order chi connectivity index (χ0) is 17.2. The molecule has 0 aromatic carbocycles. The predicted molar refractivity (Wildman–Crippen MR) is 100 cm³/mol. The van der Waals surface area contributed by atoms with Crippen LogP contribution in [-0.2, 0) is 11.2 Å². The van der Waals surface area contributed by atoms with Gasteiger partial charge in [0.15, 0.2) is 0 Å². The monoisotopic (exact) mass is 368 g/mol. The third-order valence-electron chi connectivity index (χ3n) is 3.68. The molecule has 8 heteroatoms. The second-order valence-electron chi connectivity index (χ2n) is 5.35. The van der Waals surface area contributed by atoms with Crippen LogP contribution in [0.4, 0.5) is 5.69 Å². The highest BCUT2D eigenvalue weighted by Crippen LogP contribution is 2.33. The zero-order valence-electron chi connectivity index (χ0n) is 12.9. The highest BCUT2D eigenvalue weighted by molar-refractivity contribution is 7.14. The fraction of sp³-hybridized carbons (Fsp3) is 0.0588. The SMILES string of the molecule is O=C(Cc1cc2cnccc2[nH]c1=O)Nc1ccsc1-c1cscn1. The van der Waals surface area contributed by atoms with Gasteiger partial charge in [-0.25, -0.2) is 4.98 Å². The zero-order valence-corrected chi connectivity index (χ0v) is 14.5. The molecule has 0 spiro atoms. The summed E-state index contributed by atoms with van der Waals surface area (Å²) in [7, 11) is 0. The molecule has 0 atom stereocenters. The van der Waals surface area contributed by atoms with Crippen LogP contribution in [0.5, 0.6) is 0 Å². The van der Waals surface area contributed by atoms with Crippen LogP contribution in [0.15, 0.2) is 51.7 Å². The minimum atomic E-state index is -0.265. The summed E-state index contributed by atoms with van der Waals surface area (Å²) in [4.78, 5) is 36.6. The normalized spacial score (nSPS) is 10.9. The number of hydrogen-bond acceptors (Lipinski definition) is 6. The number of fused-ring (bicyclic) bond motifs is 1. The van der Waals surface area contributed by atoms with Crippen molar-refractivity contribution in [3.63, 3.8) is 0 Å². The minimum Gasteiger partial charge on any atom is -0.324 e. The van der Waals surface area contributed by atoms with E-state index in [1.807, 2.05) is 16.8 Å². The van der Waals surface area contributed by atoms with E-state index in [2.05, 4.69) is 20.3 Å². The van der Waals surface area contributed by atoms with Gasteiger partial charge in [0.05, 0.1) is 33.7 Å². The Morgan fingerprint density at radius 3 is 3.08 bits per heavy atom. The average Bonchev–Trinajstić information content (AvgIpc) is 3.26. The first-order chi connectivity index (χ1) is 12.2. The molecule has 4 heterocycles. The number of pyridine rings is 2. The van der Waals surface area contributed by atoms with E-state index in [4.69, 9.17) is 0 Å². The molecule has 4 aromatic rings. The van der Waals surface area contributed by atoms with Gasteiger partial charge in [-0.3, -0.25) is 14.6 Å². The van der Waals surface area contributed by atoms with Crippen LogP contribution >= 0.6 is 22.7 Å². The molecule has 1 amide bonds. The summed E-state index contributed by atoms with van der Waals surface area (Å²) in [5.41, 5.74) is 4.14. The highest BCUT2D eigenvalue weighted by Gasteiger charge is 2.13. The summed E-state index contributed by atoms with van der Waals surface area (Å²) in [6.07, 6.45) is 3.26. The largest absolute Gasteiger partial charge is 0.324 e. The van der Waals surface area contributed by atoms with E-state index in [-0.39, 0.29) is 17.9 Å². The lowest BCUT2D eigenvalue weighted by molar-refractivity contribution is -0.115. The van der Waals surface area contributed by atoms with Crippen molar-refractivity contribution in [2.75, 3.05) is 5.32 Å².